The van der Waals surface area contributed by atoms with Crippen molar-refractivity contribution < 1.29 is 9.26 Å². The number of benzene rings is 2. The van der Waals surface area contributed by atoms with Gasteiger partial charge in [0.15, 0.2) is 16.8 Å². The van der Waals surface area contributed by atoms with Crippen molar-refractivity contribution in [3.05, 3.63) is 59.4 Å². The van der Waals surface area contributed by atoms with Crippen LogP contribution in [0.1, 0.15) is 5.82 Å². The number of hydrogen-bond acceptors (Lipinski definition) is 7. The second-order valence-electron chi connectivity index (χ2n) is 5.88. The highest BCUT2D eigenvalue weighted by atomic mass is 35.5. The summed E-state index contributed by atoms with van der Waals surface area (Å²) in [6, 6.07) is 15.1. The molecule has 142 valence electrons. The lowest BCUT2D eigenvalue weighted by Gasteiger charge is -2.05. The van der Waals surface area contributed by atoms with Gasteiger partial charge >= 0.3 is 0 Å². The summed E-state index contributed by atoms with van der Waals surface area (Å²) in [6.07, 6.45) is 0. The van der Waals surface area contributed by atoms with Crippen molar-refractivity contribution in [2.75, 3.05) is 7.11 Å². The van der Waals surface area contributed by atoms with Gasteiger partial charge in [0.05, 0.1) is 23.4 Å². The van der Waals surface area contributed by atoms with Crippen LogP contribution in [0, 0.1) is 0 Å². The molecule has 4 aromatic rings. The lowest BCUT2D eigenvalue weighted by molar-refractivity contribution is 0.415. The number of rotatable bonds is 6. The van der Waals surface area contributed by atoms with Crippen LogP contribution in [0.3, 0.4) is 0 Å². The molecule has 2 heterocycles. The third-order valence-electron chi connectivity index (χ3n) is 4.07. The Morgan fingerprint density at radius 2 is 2.00 bits per heavy atom. The van der Waals surface area contributed by atoms with Crippen LogP contribution >= 0.6 is 23.4 Å². The molecule has 0 aliphatic heterocycles. The average molecular weight is 414 g/mol. The van der Waals surface area contributed by atoms with Gasteiger partial charge in [-0.15, -0.1) is 10.2 Å². The van der Waals surface area contributed by atoms with E-state index in [2.05, 4.69) is 20.3 Å². The Morgan fingerprint density at radius 1 is 1.14 bits per heavy atom. The maximum Gasteiger partial charge on any atom is 0.259 e. The summed E-state index contributed by atoms with van der Waals surface area (Å²) in [4.78, 5) is 4.42. The Balaban J connectivity index is 1.49. The smallest absolute Gasteiger partial charge is 0.259 e. The molecule has 0 aliphatic carbocycles. The van der Waals surface area contributed by atoms with Crippen LogP contribution < -0.4 is 4.74 Å². The monoisotopic (exact) mass is 413 g/mol. The molecule has 0 amide bonds. The molecule has 7 nitrogen and oxygen atoms in total. The van der Waals surface area contributed by atoms with E-state index < -0.39 is 0 Å². The summed E-state index contributed by atoms with van der Waals surface area (Å²) in [5, 5.41) is 13.9. The molecule has 4 rings (SSSR count). The molecule has 0 unspecified atom stereocenters. The predicted octanol–water partition coefficient (Wildman–Crippen LogP) is 4.49. The van der Waals surface area contributed by atoms with Crippen LogP contribution in [0.4, 0.5) is 0 Å². The standard InChI is InChI=1S/C19H16ClN5O2S/c1-25-17(12-6-5-7-13(10-12)26-2)22-23-19(25)28-11-16-21-18(27-24-16)14-8-3-4-9-15(14)20/h3-10H,11H2,1-2H3. The van der Waals surface area contributed by atoms with Crippen molar-refractivity contribution in [1.29, 1.82) is 0 Å². The van der Waals surface area contributed by atoms with Gasteiger partial charge in [-0.2, -0.15) is 4.98 Å². The topological polar surface area (TPSA) is 78.9 Å². The van der Waals surface area contributed by atoms with E-state index in [9.17, 15) is 0 Å². The Morgan fingerprint density at radius 3 is 2.82 bits per heavy atom. The molecule has 0 saturated heterocycles. The van der Waals surface area contributed by atoms with Crippen LogP contribution in [-0.4, -0.2) is 32.0 Å². The summed E-state index contributed by atoms with van der Waals surface area (Å²) in [7, 11) is 3.56. The first-order valence-corrected chi connectivity index (χ1v) is 9.76. The van der Waals surface area contributed by atoms with E-state index in [1.54, 1.807) is 13.2 Å². The average Bonchev–Trinajstić information content (AvgIpc) is 3.33. The summed E-state index contributed by atoms with van der Waals surface area (Å²) in [5.74, 6) is 2.99. The number of aromatic nitrogens is 5. The van der Waals surface area contributed by atoms with Gasteiger partial charge in [-0.05, 0) is 24.3 Å². The number of thioether (sulfide) groups is 1. The molecule has 0 aliphatic rings. The fourth-order valence-corrected chi connectivity index (χ4v) is 3.61. The Kier molecular flexibility index (Phi) is 5.31. The van der Waals surface area contributed by atoms with Gasteiger partial charge in [0.1, 0.15) is 5.75 Å². The molecule has 0 N–H and O–H groups in total. The number of methoxy groups -OCH3 is 1. The Bertz CT molecular complexity index is 1110. The zero-order valence-corrected chi connectivity index (χ0v) is 16.7. The maximum absolute atomic E-state index is 6.18. The quantitative estimate of drug-likeness (QED) is 0.431. The van der Waals surface area contributed by atoms with Gasteiger partial charge in [-0.1, -0.05) is 52.8 Å². The molecular formula is C19H16ClN5O2S. The molecule has 0 fully saturated rings. The van der Waals surface area contributed by atoms with Gasteiger partial charge in [-0.25, -0.2) is 0 Å². The normalized spacial score (nSPS) is 11.0. The van der Waals surface area contributed by atoms with E-state index in [0.717, 1.165) is 22.3 Å². The Labute approximate surface area is 170 Å². The molecule has 9 heteroatoms. The minimum Gasteiger partial charge on any atom is -0.497 e. The molecule has 28 heavy (non-hydrogen) atoms. The van der Waals surface area contributed by atoms with Gasteiger partial charge in [-0.3, -0.25) is 0 Å². The van der Waals surface area contributed by atoms with Gasteiger partial charge in [0.25, 0.3) is 5.89 Å². The molecule has 2 aromatic carbocycles. The molecule has 0 atom stereocenters. The van der Waals surface area contributed by atoms with E-state index in [-0.39, 0.29) is 0 Å². The van der Waals surface area contributed by atoms with Gasteiger partial charge in [0, 0.05) is 12.6 Å². The molecule has 0 spiro atoms. The van der Waals surface area contributed by atoms with E-state index in [4.69, 9.17) is 20.9 Å². The molecular weight excluding hydrogens is 398 g/mol. The summed E-state index contributed by atoms with van der Waals surface area (Å²) in [5.41, 5.74) is 1.65. The van der Waals surface area contributed by atoms with Crippen molar-refractivity contribution in [3.8, 4) is 28.6 Å². The summed E-state index contributed by atoms with van der Waals surface area (Å²) < 4.78 is 12.5. The molecule has 0 saturated carbocycles. The van der Waals surface area contributed by atoms with Gasteiger partial charge < -0.3 is 13.8 Å². The Hall–Kier alpha value is -2.84. The van der Waals surface area contributed by atoms with E-state index in [1.165, 1.54) is 11.8 Å². The largest absolute Gasteiger partial charge is 0.497 e. The fourth-order valence-electron chi connectivity index (χ4n) is 2.64. The van der Waals surface area contributed by atoms with Crippen molar-refractivity contribution in [1.82, 2.24) is 24.9 Å². The first kappa shape index (κ1) is 18.5. The van der Waals surface area contributed by atoms with Crippen molar-refractivity contribution in [2.45, 2.75) is 10.9 Å². The zero-order valence-electron chi connectivity index (χ0n) is 15.2. The first-order valence-electron chi connectivity index (χ1n) is 8.40. The number of nitrogens with zero attached hydrogens (tertiary/aromatic N) is 5. The highest BCUT2D eigenvalue weighted by Crippen LogP contribution is 2.29. The van der Waals surface area contributed by atoms with Crippen LogP contribution in [0.25, 0.3) is 22.8 Å². The van der Waals surface area contributed by atoms with Crippen LogP contribution in [0.2, 0.25) is 5.02 Å². The molecule has 0 radical (unpaired) electrons. The highest BCUT2D eigenvalue weighted by molar-refractivity contribution is 7.98. The van der Waals surface area contributed by atoms with E-state index in [1.807, 2.05) is 54.1 Å². The fraction of sp³-hybridized carbons (Fsp3) is 0.158. The third kappa shape index (κ3) is 3.74. The molecule has 0 bridgehead atoms. The van der Waals surface area contributed by atoms with E-state index in [0.29, 0.717) is 28.1 Å². The predicted molar refractivity (Wildman–Crippen MR) is 107 cm³/mol. The summed E-state index contributed by atoms with van der Waals surface area (Å²) in [6.45, 7) is 0. The third-order valence-corrected chi connectivity index (χ3v) is 5.41. The number of ether oxygens (including phenoxy) is 1. The van der Waals surface area contributed by atoms with Crippen molar-refractivity contribution in [3.63, 3.8) is 0 Å². The van der Waals surface area contributed by atoms with E-state index >= 15 is 0 Å². The first-order chi connectivity index (χ1) is 13.7. The summed E-state index contributed by atoms with van der Waals surface area (Å²) >= 11 is 7.66. The lowest BCUT2D eigenvalue weighted by Crippen LogP contribution is -1.96. The van der Waals surface area contributed by atoms with Crippen LogP contribution in [-0.2, 0) is 12.8 Å². The lowest BCUT2D eigenvalue weighted by atomic mass is 10.2. The van der Waals surface area contributed by atoms with Crippen molar-refractivity contribution >= 4 is 23.4 Å². The molecule has 2 aromatic heterocycles. The maximum atomic E-state index is 6.18. The van der Waals surface area contributed by atoms with Gasteiger partial charge in [0.2, 0.25) is 0 Å². The second kappa shape index (κ2) is 8.04. The zero-order chi connectivity index (χ0) is 19.5. The van der Waals surface area contributed by atoms with Crippen LogP contribution in [0.5, 0.6) is 5.75 Å². The van der Waals surface area contributed by atoms with Crippen molar-refractivity contribution in [2.24, 2.45) is 7.05 Å². The van der Waals surface area contributed by atoms with Crippen LogP contribution in [0.15, 0.2) is 58.2 Å². The minimum atomic E-state index is 0.399. The highest BCUT2D eigenvalue weighted by Gasteiger charge is 2.15. The SMILES string of the molecule is COc1cccc(-c2nnc(SCc3noc(-c4ccccc4Cl)n3)n2C)c1. The number of halogens is 1. The number of hydrogen-bond donors (Lipinski definition) is 0. The minimum absolute atomic E-state index is 0.399. The second-order valence-corrected chi connectivity index (χ2v) is 7.23.